The van der Waals surface area contributed by atoms with Crippen LogP contribution in [0.4, 0.5) is 0 Å². The molecule has 21 heavy (non-hydrogen) atoms. The van der Waals surface area contributed by atoms with Crippen molar-refractivity contribution < 1.29 is 9.63 Å². The zero-order valence-electron chi connectivity index (χ0n) is 12.5. The Hall–Kier alpha value is -1.81. The summed E-state index contributed by atoms with van der Waals surface area (Å²) in [6, 6.07) is 9.88. The molecule has 0 spiro atoms. The minimum atomic E-state index is 0.318. The molecule has 0 unspecified atom stereocenters. The van der Waals surface area contributed by atoms with E-state index in [1.165, 1.54) is 24.8 Å². The van der Waals surface area contributed by atoms with Crippen LogP contribution in [0.25, 0.3) is 0 Å². The number of hydrogen-bond donors (Lipinski definition) is 1. The fourth-order valence-corrected chi connectivity index (χ4v) is 3.07. The summed E-state index contributed by atoms with van der Waals surface area (Å²) in [7, 11) is 0. The van der Waals surface area contributed by atoms with Gasteiger partial charge in [0.2, 0.25) is 0 Å². The molecule has 2 aromatic rings. The molecular weight excluding hydrogens is 264 g/mol. The molecule has 1 aliphatic heterocycles. The predicted molar refractivity (Wildman–Crippen MR) is 81.0 cm³/mol. The van der Waals surface area contributed by atoms with Crippen molar-refractivity contribution in [3.63, 3.8) is 0 Å². The molecule has 112 valence electrons. The standard InChI is InChI=1S/C17H22N2O2/c1-13-11-16(18-21-13)17-5-3-2-4-10-19(17)12-14-6-8-15(20)9-7-14/h6-9,11,17,20H,2-5,10,12H2,1H3/t17-/m1/s1. The van der Waals surface area contributed by atoms with Gasteiger partial charge in [-0.2, -0.15) is 0 Å². The molecule has 1 fully saturated rings. The van der Waals surface area contributed by atoms with Crippen LogP contribution in [0, 0.1) is 6.92 Å². The number of aromatic nitrogens is 1. The number of nitrogens with zero attached hydrogens (tertiary/aromatic N) is 2. The van der Waals surface area contributed by atoms with Crippen LogP contribution in [-0.4, -0.2) is 21.7 Å². The van der Waals surface area contributed by atoms with Gasteiger partial charge in [-0.05, 0) is 44.0 Å². The van der Waals surface area contributed by atoms with Crippen LogP contribution in [0.5, 0.6) is 5.75 Å². The van der Waals surface area contributed by atoms with E-state index in [1.807, 2.05) is 19.1 Å². The van der Waals surface area contributed by atoms with E-state index in [-0.39, 0.29) is 0 Å². The number of phenolic OH excluding ortho intramolecular Hbond substituents is 1. The normalized spacial score (nSPS) is 20.3. The summed E-state index contributed by atoms with van der Waals surface area (Å²) in [6.07, 6.45) is 4.87. The molecule has 1 aliphatic rings. The number of phenols is 1. The summed E-state index contributed by atoms with van der Waals surface area (Å²) in [5.74, 6) is 1.19. The molecule has 1 saturated heterocycles. The Morgan fingerprint density at radius 3 is 2.76 bits per heavy atom. The molecule has 0 saturated carbocycles. The third-order valence-electron chi connectivity index (χ3n) is 4.17. The number of likely N-dealkylation sites (tertiary alicyclic amines) is 1. The van der Waals surface area contributed by atoms with E-state index < -0.39 is 0 Å². The molecule has 1 atom stereocenters. The highest BCUT2D eigenvalue weighted by atomic mass is 16.5. The number of aryl methyl sites for hydroxylation is 1. The zero-order chi connectivity index (χ0) is 14.7. The maximum atomic E-state index is 9.40. The third kappa shape index (κ3) is 3.45. The van der Waals surface area contributed by atoms with Crippen molar-refractivity contribution in [3.8, 4) is 5.75 Å². The number of rotatable bonds is 3. The maximum Gasteiger partial charge on any atom is 0.133 e. The fraction of sp³-hybridized carbons (Fsp3) is 0.471. The average molecular weight is 286 g/mol. The number of aromatic hydroxyl groups is 1. The summed E-state index contributed by atoms with van der Waals surface area (Å²) < 4.78 is 5.26. The molecule has 0 radical (unpaired) electrons. The second-order valence-corrected chi connectivity index (χ2v) is 5.86. The second kappa shape index (κ2) is 6.31. The summed E-state index contributed by atoms with van der Waals surface area (Å²) in [5.41, 5.74) is 2.27. The Morgan fingerprint density at radius 1 is 1.24 bits per heavy atom. The van der Waals surface area contributed by atoms with E-state index in [9.17, 15) is 5.11 Å². The summed E-state index contributed by atoms with van der Waals surface area (Å²) in [6.45, 7) is 3.91. The van der Waals surface area contributed by atoms with Crippen molar-refractivity contribution in [2.75, 3.05) is 6.54 Å². The molecule has 3 rings (SSSR count). The highest BCUT2D eigenvalue weighted by Gasteiger charge is 2.25. The van der Waals surface area contributed by atoms with Crippen molar-refractivity contribution in [2.45, 2.75) is 45.2 Å². The minimum Gasteiger partial charge on any atom is -0.508 e. The molecule has 1 aromatic carbocycles. The SMILES string of the molecule is Cc1cc([C@H]2CCCCCN2Cc2ccc(O)cc2)no1. The first-order valence-electron chi connectivity index (χ1n) is 7.67. The Kier molecular flexibility index (Phi) is 4.25. The Bertz CT molecular complexity index is 577. The second-order valence-electron chi connectivity index (χ2n) is 5.86. The highest BCUT2D eigenvalue weighted by Crippen LogP contribution is 2.31. The molecular formula is C17H22N2O2. The number of benzene rings is 1. The van der Waals surface area contributed by atoms with Gasteiger partial charge in [0.25, 0.3) is 0 Å². The average Bonchev–Trinajstić information content (AvgIpc) is 2.77. The van der Waals surface area contributed by atoms with E-state index in [1.54, 1.807) is 12.1 Å². The van der Waals surface area contributed by atoms with Gasteiger partial charge in [-0.1, -0.05) is 30.1 Å². The molecule has 1 N–H and O–H groups in total. The lowest BCUT2D eigenvalue weighted by atomic mass is 10.1. The summed E-state index contributed by atoms with van der Waals surface area (Å²) in [4.78, 5) is 2.48. The molecule has 0 aliphatic carbocycles. The van der Waals surface area contributed by atoms with Crippen LogP contribution in [0.2, 0.25) is 0 Å². The van der Waals surface area contributed by atoms with Gasteiger partial charge in [0.1, 0.15) is 17.2 Å². The topological polar surface area (TPSA) is 49.5 Å². The predicted octanol–water partition coefficient (Wildman–Crippen LogP) is 3.81. The molecule has 0 bridgehead atoms. The molecule has 0 amide bonds. The van der Waals surface area contributed by atoms with Crippen molar-refractivity contribution in [3.05, 3.63) is 47.3 Å². The van der Waals surface area contributed by atoms with Crippen molar-refractivity contribution in [1.29, 1.82) is 0 Å². The number of hydrogen-bond acceptors (Lipinski definition) is 4. The van der Waals surface area contributed by atoms with Gasteiger partial charge in [0, 0.05) is 12.6 Å². The summed E-state index contributed by atoms with van der Waals surface area (Å²) >= 11 is 0. The van der Waals surface area contributed by atoms with Crippen LogP contribution < -0.4 is 0 Å². The van der Waals surface area contributed by atoms with Crippen LogP contribution in [0.1, 0.15) is 48.7 Å². The van der Waals surface area contributed by atoms with Crippen molar-refractivity contribution in [1.82, 2.24) is 10.1 Å². The third-order valence-corrected chi connectivity index (χ3v) is 4.17. The van der Waals surface area contributed by atoms with E-state index in [4.69, 9.17) is 4.52 Å². The first kappa shape index (κ1) is 14.1. The van der Waals surface area contributed by atoms with E-state index in [0.29, 0.717) is 11.8 Å². The molecule has 2 heterocycles. The van der Waals surface area contributed by atoms with Gasteiger partial charge < -0.3 is 9.63 Å². The van der Waals surface area contributed by atoms with Crippen LogP contribution in [-0.2, 0) is 6.54 Å². The lowest BCUT2D eigenvalue weighted by Gasteiger charge is -2.28. The van der Waals surface area contributed by atoms with Crippen LogP contribution in [0.3, 0.4) is 0 Å². The summed E-state index contributed by atoms with van der Waals surface area (Å²) in [5, 5.41) is 13.6. The highest BCUT2D eigenvalue weighted by molar-refractivity contribution is 5.26. The minimum absolute atomic E-state index is 0.318. The first-order valence-corrected chi connectivity index (χ1v) is 7.67. The Balaban J connectivity index is 1.80. The zero-order valence-corrected chi connectivity index (χ0v) is 12.5. The van der Waals surface area contributed by atoms with Gasteiger partial charge in [-0.15, -0.1) is 0 Å². The van der Waals surface area contributed by atoms with Gasteiger partial charge >= 0.3 is 0 Å². The van der Waals surface area contributed by atoms with Crippen molar-refractivity contribution >= 4 is 0 Å². The largest absolute Gasteiger partial charge is 0.508 e. The van der Waals surface area contributed by atoms with Gasteiger partial charge in [0.05, 0.1) is 6.04 Å². The van der Waals surface area contributed by atoms with Crippen molar-refractivity contribution in [2.24, 2.45) is 0 Å². The first-order chi connectivity index (χ1) is 10.2. The lowest BCUT2D eigenvalue weighted by Crippen LogP contribution is -2.28. The maximum absolute atomic E-state index is 9.40. The van der Waals surface area contributed by atoms with Gasteiger partial charge in [-0.25, -0.2) is 0 Å². The Morgan fingerprint density at radius 2 is 2.05 bits per heavy atom. The van der Waals surface area contributed by atoms with Gasteiger partial charge in [0.15, 0.2) is 0 Å². The fourth-order valence-electron chi connectivity index (χ4n) is 3.07. The van der Waals surface area contributed by atoms with Gasteiger partial charge in [-0.3, -0.25) is 4.90 Å². The van der Waals surface area contributed by atoms with Crippen LogP contribution in [0.15, 0.2) is 34.9 Å². The van der Waals surface area contributed by atoms with E-state index in [0.717, 1.165) is 31.0 Å². The molecule has 4 nitrogen and oxygen atoms in total. The lowest BCUT2D eigenvalue weighted by molar-refractivity contribution is 0.183. The van der Waals surface area contributed by atoms with E-state index in [2.05, 4.69) is 16.1 Å². The molecule has 1 aromatic heterocycles. The van der Waals surface area contributed by atoms with Crippen LogP contribution >= 0.6 is 0 Å². The smallest absolute Gasteiger partial charge is 0.133 e. The van der Waals surface area contributed by atoms with E-state index >= 15 is 0 Å². The Labute approximate surface area is 125 Å². The molecule has 4 heteroatoms. The monoisotopic (exact) mass is 286 g/mol. The quantitative estimate of drug-likeness (QED) is 0.932.